The SMILES string of the molecule is Cc1ccc2c(c1)CN(C)NC2=O. The number of nitrogens with one attached hydrogen (secondary N) is 1. The molecule has 0 bridgehead atoms. The third kappa shape index (κ3) is 1.42. The van der Waals surface area contributed by atoms with E-state index in [-0.39, 0.29) is 5.91 Å². The van der Waals surface area contributed by atoms with E-state index in [0.717, 1.165) is 17.7 Å². The van der Waals surface area contributed by atoms with E-state index in [2.05, 4.69) is 11.5 Å². The molecular weight excluding hydrogens is 164 g/mol. The predicted octanol–water partition coefficient (Wildman–Crippen LogP) is 1.09. The van der Waals surface area contributed by atoms with Crippen molar-refractivity contribution >= 4 is 5.91 Å². The summed E-state index contributed by atoms with van der Waals surface area (Å²) in [7, 11) is 1.86. The van der Waals surface area contributed by atoms with E-state index in [1.165, 1.54) is 5.56 Å². The minimum absolute atomic E-state index is 0.0104. The molecule has 1 aromatic carbocycles. The predicted molar refractivity (Wildman–Crippen MR) is 50.1 cm³/mol. The number of hydrogen-bond acceptors (Lipinski definition) is 2. The molecule has 0 atom stereocenters. The number of benzene rings is 1. The van der Waals surface area contributed by atoms with Crippen molar-refractivity contribution in [2.24, 2.45) is 0 Å². The van der Waals surface area contributed by atoms with Crippen LogP contribution in [-0.2, 0) is 6.54 Å². The van der Waals surface area contributed by atoms with Crippen molar-refractivity contribution in [3.05, 3.63) is 34.9 Å². The summed E-state index contributed by atoms with van der Waals surface area (Å²) in [5, 5.41) is 1.80. The first-order chi connectivity index (χ1) is 6.16. The molecule has 1 heterocycles. The molecule has 0 aliphatic carbocycles. The van der Waals surface area contributed by atoms with Crippen molar-refractivity contribution < 1.29 is 4.79 Å². The molecule has 0 saturated carbocycles. The van der Waals surface area contributed by atoms with Gasteiger partial charge in [0, 0.05) is 19.2 Å². The second-order valence-electron chi connectivity index (χ2n) is 3.46. The molecule has 0 unspecified atom stereocenters. The van der Waals surface area contributed by atoms with Crippen molar-refractivity contribution in [1.82, 2.24) is 10.4 Å². The van der Waals surface area contributed by atoms with Crippen LogP contribution in [0.25, 0.3) is 0 Å². The largest absolute Gasteiger partial charge is 0.285 e. The maximum absolute atomic E-state index is 11.5. The molecule has 1 aliphatic heterocycles. The summed E-state index contributed by atoms with van der Waals surface area (Å²) in [5.74, 6) is -0.0104. The molecule has 0 aromatic heterocycles. The Hall–Kier alpha value is -1.35. The highest BCUT2D eigenvalue weighted by Crippen LogP contribution is 2.16. The average Bonchev–Trinajstić information content (AvgIpc) is 2.02. The van der Waals surface area contributed by atoms with Gasteiger partial charge in [0.1, 0.15) is 0 Å². The fourth-order valence-corrected chi connectivity index (χ4v) is 1.60. The molecule has 13 heavy (non-hydrogen) atoms. The molecule has 0 saturated heterocycles. The Labute approximate surface area is 77.3 Å². The average molecular weight is 176 g/mol. The maximum Gasteiger partial charge on any atom is 0.265 e. The number of carbonyl (C=O) groups excluding carboxylic acids is 1. The van der Waals surface area contributed by atoms with Gasteiger partial charge in [-0.25, -0.2) is 5.01 Å². The number of rotatable bonds is 0. The van der Waals surface area contributed by atoms with Crippen LogP contribution >= 0.6 is 0 Å². The van der Waals surface area contributed by atoms with E-state index in [1.54, 1.807) is 5.01 Å². The summed E-state index contributed by atoms with van der Waals surface area (Å²) < 4.78 is 0. The highest BCUT2D eigenvalue weighted by molar-refractivity contribution is 5.96. The highest BCUT2D eigenvalue weighted by atomic mass is 16.2. The van der Waals surface area contributed by atoms with Gasteiger partial charge in [0.2, 0.25) is 0 Å². The van der Waals surface area contributed by atoms with Crippen molar-refractivity contribution in [3.63, 3.8) is 0 Å². The Morgan fingerprint density at radius 1 is 1.46 bits per heavy atom. The Morgan fingerprint density at radius 3 is 3.00 bits per heavy atom. The van der Waals surface area contributed by atoms with E-state index in [0.29, 0.717) is 0 Å². The first-order valence-electron chi connectivity index (χ1n) is 4.28. The molecule has 1 amide bonds. The fraction of sp³-hybridized carbons (Fsp3) is 0.300. The lowest BCUT2D eigenvalue weighted by Crippen LogP contribution is -2.43. The second kappa shape index (κ2) is 2.85. The Kier molecular flexibility index (Phi) is 1.81. The second-order valence-corrected chi connectivity index (χ2v) is 3.46. The van der Waals surface area contributed by atoms with Crippen LogP contribution in [0.3, 0.4) is 0 Å². The third-order valence-corrected chi connectivity index (χ3v) is 2.21. The highest BCUT2D eigenvalue weighted by Gasteiger charge is 2.19. The van der Waals surface area contributed by atoms with E-state index in [9.17, 15) is 4.79 Å². The van der Waals surface area contributed by atoms with Gasteiger partial charge in [-0.05, 0) is 18.6 Å². The normalized spacial score (nSPS) is 16.6. The van der Waals surface area contributed by atoms with E-state index >= 15 is 0 Å². The summed E-state index contributed by atoms with van der Waals surface area (Å²) in [6, 6.07) is 5.90. The van der Waals surface area contributed by atoms with Crippen LogP contribution in [0.15, 0.2) is 18.2 Å². The van der Waals surface area contributed by atoms with Crippen LogP contribution in [0.4, 0.5) is 0 Å². The molecule has 0 spiro atoms. The summed E-state index contributed by atoms with van der Waals surface area (Å²) in [4.78, 5) is 11.5. The van der Waals surface area contributed by atoms with Gasteiger partial charge in [-0.3, -0.25) is 10.2 Å². The standard InChI is InChI=1S/C10H12N2O/c1-7-3-4-9-8(5-7)6-12(2)11-10(9)13/h3-5H,6H2,1-2H3,(H,11,13). The van der Waals surface area contributed by atoms with Crippen LogP contribution in [-0.4, -0.2) is 18.0 Å². The first-order valence-corrected chi connectivity index (χ1v) is 4.28. The molecular formula is C10H12N2O. The van der Waals surface area contributed by atoms with Crippen LogP contribution < -0.4 is 5.43 Å². The van der Waals surface area contributed by atoms with E-state index in [1.807, 2.05) is 26.1 Å². The first kappa shape index (κ1) is 8.26. The number of aryl methyl sites for hydroxylation is 1. The Morgan fingerprint density at radius 2 is 2.23 bits per heavy atom. The molecule has 3 heteroatoms. The van der Waals surface area contributed by atoms with Gasteiger partial charge in [0.25, 0.3) is 5.91 Å². The molecule has 1 N–H and O–H groups in total. The lowest BCUT2D eigenvalue weighted by molar-refractivity contribution is 0.0786. The lowest BCUT2D eigenvalue weighted by Gasteiger charge is -2.25. The molecule has 1 aliphatic rings. The maximum atomic E-state index is 11.5. The quantitative estimate of drug-likeness (QED) is 0.641. The van der Waals surface area contributed by atoms with Crippen molar-refractivity contribution in [2.75, 3.05) is 7.05 Å². The third-order valence-electron chi connectivity index (χ3n) is 2.21. The number of amides is 1. The number of hydrogen-bond donors (Lipinski definition) is 1. The number of nitrogens with zero attached hydrogens (tertiary/aromatic N) is 1. The molecule has 1 aromatic rings. The van der Waals surface area contributed by atoms with Crippen LogP contribution in [0, 0.1) is 6.92 Å². The zero-order chi connectivity index (χ0) is 9.42. The summed E-state index contributed by atoms with van der Waals surface area (Å²) in [6.45, 7) is 2.82. The van der Waals surface area contributed by atoms with E-state index < -0.39 is 0 Å². The Bertz CT molecular complexity index is 360. The van der Waals surface area contributed by atoms with Crippen LogP contribution in [0.5, 0.6) is 0 Å². The lowest BCUT2D eigenvalue weighted by atomic mass is 10.0. The Balaban J connectivity index is 2.49. The zero-order valence-electron chi connectivity index (χ0n) is 7.79. The van der Waals surface area contributed by atoms with Crippen LogP contribution in [0.1, 0.15) is 21.5 Å². The van der Waals surface area contributed by atoms with Crippen LogP contribution in [0.2, 0.25) is 0 Å². The summed E-state index contributed by atoms with van der Waals surface area (Å²) in [6.07, 6.45) is 0. The van der Waals surface area contributed by atoms with Gasteiger partial charge in [0.15, 0.2) is 0 Å². The van der Waals surface area contributed by atoms with Gasteiger partial charge < -0.3 is 0 Å². The monoisotopic (exact) mass is 176 g/mol. The topological polar surface area (TPSA) is 32.3 Å². The van der Waals surface area contributed by atoms with E-state index in [4.69, 9.17) is 0 Å². The fourth-order valence-electron chi connectivity index (χ4n) is 1.60. The van der Waals surface area contributed by atoms with Gasteiger partial charge in [-0.15, -0.1) is 0 Å². The minimum Gasteiger partial charge on any atom is -0.285 e. The van der Waals surface area contributed by atoms with Gasteiger partial charge in [0.05, 0.1) is 0 Å². The minimum atomic E-state index is -0.0104. The van der Waals surface area contributed by atoms with Crippen molar-refractivity contribution in [3.8, 4) is 0 Å². The number of hydrazine groups is 1. The number of fused-ring (bicyclic) bond motifs is 1. The van der Waals surface area contributed by atoms with Crippen molar-refractivity contribution in [1.29, 1.82) is 0 Å². The molecule has 0 radical (unpaired) electrons. The van der Waals surface area contributed by atoms with Gasteiger partial charge >= 0.3 is 0 Å². The van der Waals surface area contributed by atoms with Crippen molar-refractivity contribution in [2.45, 2.75) is 13.5 Å². The number of carbonyl (C=O) groups is 1. The van der Waals surface area contributed by atoms with Gasteiger partial charge in [-0.1, -0.05) is 17.7 Å². The summed E-state index contributed by atoms with van der Waals surface area (Å²) >= 11 is 0. The molecule has 68 valence electrons. The molecule has 2 rings (SSSR count). The molecule has 0 fully saturated rings. The summed E-state index contributed by atoms with van der Waals surface area (Å²) in [5.41, 5.74) is 5.84. The molecule has 3 nitrogen and oxygen atoms in total. The smallest absolute Gasteiger partial charge is 0.265 e. The van der Waals surface area contributed by atoms with Gasteiger partial charge in [-0.2, -0.15) is 0 Å². The zero-order valence-corrected chi connectivity index (χ0v) is 7.79.